The van der Waals surface area contributed by atoms with E-state index in [1.165, 1.54) is 16.6 Å². The van der Waals surface area contributed by atoms with Crippen molar-refractivity contribution >= 4 is 26.3 Å². The fourth-order valence-electron chi connectivity index (χ4n) is 2.51. The molecule has 0 bridgehead atoms. The van der Waals surface area contributed by atoms with Crippen LogP contribution in [0.5, 0.6) is 0 Å². The summed E-state index contributed by atoms with van der Waals surface area (Å²) in [4.78, 5) is 4.66. The monoisotopic (exact) mass is 364 g/mol. The van der Waals surface area contributed by atoms with Crippen LogP contribution in [-0.4, -0.2) is 23.9 Å². The third-order valence-corrected chi connectivity index (χ3v) is 4.99. The van der Waals surface area contributed by atoms with Crippen molar-refractivity contribution in [3.8, 4) is 0 Å². The van der Waals surface area contributed by atoms with Crippen molar-refractivity contribution in [2.75, 3.05) is 20.2 Å². The quantitative estimate of drug-likeness (QED) is 0.340. The summed E-state index contributed by atoms with van der Waals surface area (Å²) in [6, 6.07) is 0. The molecule has 0 heterocycles. The number of nitrogens with two attached hydrogens (primary N) is 1. The van der Waals surface area contributed by atoms with Crippen LogP contribution < -0.4 is 5.73 Å². The van der Waals surface area contributed by atoms with E-state index in [2.05, 4.69) is 41.1 Å². The molecule has 0 aliphatic heterocycles. The van der Waals surface area contributed by atoms with Crippen LogP contribution in [0.3, 0.4) is 0 Å². The van der Waals surface area contributed by atoms with Gasteiger partial charge in [-0.05, 0) is 60.7 Å². The Morgan fingerprint density at radius 1 is 1.50 bits per heavy atom. The van der Waals surface area contributed by atoms with E-state index in [0.29, 0.717) is 17.8 Å². The van der Waals surface area contributed by atoms with Gasteiger partial charge in [0.2, 0.25) is 0 Å². The molecule has 0 spiro atoms. The average Bonchev–Trinajstić information content (AvgIpc) is 2.38. The zero-order chi connectivity index (χ0) is 13.5. The molecule has 2 unspecified atom stereocenters. The summed E-state index contributed by atoms with van der Waals surface area (Å²) in [5, 5.41) is 0. The van der Waals surface area contributed by atoms with Crippen LogP contribution in [-0.2, 0) is 4.74 Å². The van der Waals surface area contributed by atoms with Crippen LogP contribution in [0.1, 0.15) is 32.6 Å². The molecule has 0 aromatic heterocycles. The van der Waals surface area contributed by atoms with Crippen molar-refractivity contribution in [1.29, 1.82) is 0 Å². The number of nitrogens with zero attached hydrogens (tertiary/aromatic N) is 1. The SMILES string of the molecule is C=C(OC)C1CC[C@H](C)C(/C(I)=N\CCCN)C1. The minimum atomic E-state index is 0.491. The molecule has 1 aliphatic rings. The van der Waals surface area contributed by atoms with Gasteiger partial charge in [0.05, 0.1) is 16.6 Å². The minimum absolute atomic E-state index is 0.491. The van der Waals surface area contributed by atoms with E-state index >= 15 is 0 Å². The normalized spacial score (nSPS) is 29.1. The molecule has 3 atom stereocenters. The maximum atomic E-state index is 5.50. The molecule has 0 saturated heterocycles. The molecule has 0 amide bonds. The molecular formula is C14H25IN2O. The Labute approximate surface area is 124 Å². The zero-order valence-corrected chi connectivity index (χ0v) is 13.7. The Morgan fingerprint density at radius 3 is 2.83 bits per heavy atom. The summed E-state index contributed by atoms with van der Waals surface area (Å²) in [6.45, 7) is 7.91. The van der Waals surface area contributed by atoms with E-state index in [-0.39, 0.29) is 0 Å². The molecule has 2 N–H and O–H groups in total. The first-order valence-electron chi connectivity index (χ1n) is 6.72. The van der Waals surface area contributed by atoms with Crippen LogP contribution in [0, 0.1) is 17.8 Å². The van der Waals surface area contributed by atoms with Gasteiger partial charge in [0.15, 0.2) is 0 Å². The molecule has 4 heteroatoms. The molecule has 104 valence electrons. The maximum Gasteiger partial charge on any atom is 0.0914 e. The number of aliphatic imine (C=N–C) groups is 1. The number of halogens is 1. The molecule has 0 radical (unpaired) electrons. The fraction of sp³-hybridized carbons (Fsp3) is 0.786. The van der Waals surface area contributed by atoms with Crippen molar-refractivity contribution in [3.05, 3.63) is 12.3 Å². The van der Waals surface area contributed by atoms with E-state index in [0.717, 1.165) is 31.7 Å². The molecule has 0 aromatic carbocycles. The third-order valence-electron chi connectivity index (χ3n) is 3.84. The molecule has 3 nitrogen and oxygen atoms in total. The van der Waals surface area contributed by atoms with E-state index in [1.807, 2.05) is 0 Å². The number of hydrogen-bond acceptors (Lipinski definition) is 3. The Bertz CT molecular complexity index is 304. The van der Waals surface area contributed by atoms with E-state index in [4.69, 9.17) is 10.5 Å². The lowest BCUT2D eigenvalue weighted by molar-refractivity contribution is 0.182. The summed E-state index contributed by atoms with van der Waals surface area (Å²) in [6.07, 6.45) is 4.52. The third kappa shape index (κ3) is 4.53. The molecule has 0 aromatic rings. The topological polar surface area (TPSA) is 47.6 Å². The van der Waals surface area contributed by atoms with Gasteiger partial charge in [-0.3, -0.25) is 4.99 Å². The Balaban J connectivity index is 2.61. The maximum absolute atomic E-state index is 5.50. The molecule has 1 fully saturated rings. The van der Waals surface area contributed by atoms with Gasteiger partial charge >= 0.3 is 0 Å². The zero-order valence-electron chi connectivity index (χ0n) is 11.5. The summed E-state index contributed by atoms with van der Waals surface area (Å²) in [7, 11) is 1.72. The summed E-state index contributed by atoms with van der Waals surface area (Å²) >= 11 is 2.40. The molecular weight excluding hydrogens is 339 g/mol. The highest BCUT2D eigenvalue weighted by Crippen LogP contribution is 2.38. The standard InChI is InChI=1S/C14H25IN2O/c1-10-5-6-12(11(2)18-3)9-13(10)14(15)17-8-4-7-16/h10,12-13H,2,4-9,16H2,1,3H3/b17-14+/t10-,12?,13?/m0/s1. The van der Waals surface area contributed by atoms with Gasteiger partial charge in [-0.1, -0.05) is 13.5 Å². The molecule has 1 aliphatic carbocycles. The second-order valence-corrected chi connectivity index (χ2v) is 6.22. The Morgan fingerprint density at radius 2 is 2.22 bits per heavy atom. The highest BCUT2D eigenvalue weighted by molar-refractivity contribution is 14.1. The van der Waals surface area contributed by atoms with Gasteiger partial charge < -0.3 is 10.5 Å². The second-order valence-electron chi connectivity index (χ2n) is 5.11. The van der Waals surface area contributed by atoms with Crippen LogP contribution in [0.25, 0.3) is 0 Å². The van der Waals surface area contributed by atoms with Crippen molar-refractivity contribution < 1.29 is 4.74 Å². The first-order chi connectivity index (χ1) is 8.60. The van der Waals surface area contributed by atoms with E-state index < -0.39 is 0 Å². The smallest absolute Gasteiger partial charge is 0.0914 e. The lowest BCUT2D eigenvalue weighted by Crippen LogP contribution is -2.28. The molecule has 18 heavy (non-hydrogen) atoms. The van der Waals surface area contributed by atoms with Gasteiger partial charge in [-0.15, -0.1) is 0 Å². The minimum Gasteiger partial charge on any atom is -0.501 e. The van der Waals surface area contributed by atoms with Crippen molar-refractivity contribution in [2.24, 2.45) is 28.5 Å². The van der Waals surface area contributed by atoms with Crippen molar-refractivity contribution in [1.82, 2.24) is 0 Å². The van der Waals surface area contributed by atoms with Crippen LogP contribution in [0.15, 0.2) is 17.3 Å². The number of ether oxygens (including phenoxy) is 1. The number of allylic oxidation sites excluding steroid dienone is 1. The second kappa shape index (κ2) is 8.15. The van der Waals surface area contributed by atoms with E-state index in [1.54, 1.807) is 7.11 Å². The van der Waals surface area contributed by atoms with Gasteiger partial charge in [0.25, 0.3) is 0 Å². The lowest BCUT2D eigenvalue weighted by atomic mass is 9.75. The lowest BCUT2D eigenvalue weighted by Gasteiger charge is -2.34. The predicted molar refractivity (Wildman–Crippen MR) is 86.1 cm³/mol. The van der Waals surface area contributed by atoms with Gasteiger partial charge in [0.1, 0.15) is 0 Å². The average molecular weight is 364 g/mol. The fourth-order valence-corrected chi connectivity index (χ4v) is 3.62. The predicted octanol–water partition coefficient (Wildman–Crippen LogP) is 3.38. The summed E-state index contributed by atoms with van der Waals surface area (Å²) in [5.74, 6) is 2.69. The van der Waals surface area contributed by atoms with Gasteiger partial charge in [0, 0.05) is 18.4 Å². The van der Waals surface area contributed by atoms with Crippen molar-refractivity contribution in [2.45, 2.75) is 32.6 Å². The summed E-state index contributed by atoms with van der Waals surface area (Å²) in [5.41, 5.74) is 5.50. The van der Waals surface area contributed by atoms with Crippen LogP contribution >= 0.6 is 22.6 Å². The van der Waals surface area contributed by atoms with Crippen molar-refractivity contribution in [3.63, 3.8) is 0 Å². The molecule has 1 rings (SSSR count). The Hall–Kier alpha value is -0.100. The first-order valence-corrected chi connectivity index (χ1v) is 7.80. The molecule has 1 saturated carbocycles. The van der Waals surface area contributed by atoms with Crippen LogP contribution in [0.4, 0.5) is 0 Å². The number of rotatable bonds is 6. The van der Waals surface area contributed by atoms with E-state index in [9.17, 15) is 0 Å². The number of hydrogen-bond donors (Lipinski definition) is 1. The largest absolute Gasteiger partial charge is 0.501 e. The summed E-state index contributed by atoms with van der Waals surface area (Å²) < 4.78 is 6.55. The first kappa shape index (κ1) is 16.0. The highest BCUT2D eigenvalue weighted by Gasteiger charge is 2.31. The van der Waals surface area contributed by atoms with Gasteiger partial charge in [-0.25, -0.2) is 0 Å². The highest BCUT2D eigenvalue weighted by atomic mass is 127. The van der Waals surface area contributed by atoms with Crippen LogP contribution in [0.2, 0.25) is 0 Å². The van der Waals surface area contributed by atoms with Gasteiger partial charge in [-0.2, -0.15) is 0 Å². The number of methoxy groups -OCH3 is 1. The Kier molecular flexibility index (Phi) is 7.22.